The summed E-state index contributed by atoms with van der Waals surface area (Å²) >= 11 is 0. The van der Waals surface area contributed by atoms with Crippen molar-refractivity contribution in [3.8, 4) is 0 Å². The molecule has 1 rings (SSSR count). The van der Waals surface area contributed by atoms with Crippen LogP contribution in [0.4, 0.5) is 5.69 Å². The molecule has 0 saturated heterocycles. The van der Waals surface area contributed by atoms with Gasteiger partial charge in [-0.1, -0.05) is 27.7 Å². The van der Waals surface area contributed by atoms with Gasteiger partial charge in [0.25, 0.3) is 0 Å². The predicted molar refractivity (Wildman–Crippen MR) is 88.9 cm³/mol. The first-order valence-corrected chi connectivity index (χ1v) is 9.21. The zero-order chi connectivity index (χ0) is 16.0. The molecule has 120 valence electrons. The molecule has 0 spiro atoms. The Kier molecular flexibility index (Phi) is 6.68. The highest BCUT2D eigenvalue weighted by atomic mass is 32.2. The standard InChI is InChI=1S/C16H28N2O2S/c1-5-13-10-15(17)14(6-2)16(11-13)21(19,20)18-9-7-8-12(3)4/h10-12,18H,5-9,17H2,1-4H3. The Morgan fingerprint density at radius 3 is 2.38 bits per heavy atom. The molecule has 0 aliphatic rings. The molecule has 0 saturated carbocycles. The van der Waals surface area contributed by atoms with Crippen molar-refractivity contribution in [1.29, 1.82) is 0 Å². The molecule has 0 heterocycles. The van der Waals surface area contributed by atoms with E-state index in [-0.39, 0.29) is 0 Å². The van der Waals surface area contributed by atoms with E-state index < -0.39 is 10.0 Å². The zero-order valence-electron chi connectivity index (χ0n) is 13.6. The number of hydrogen-bond donors (Lipinski definition) is 2. The molecule has 0 aromatic heterocycles. The lowest BCUT2D eigenvalue weighted by Crippen LogP contribution is -2.26. The number of benzene rings is 1. The molecule has 0 fully saturated rings. The summed E-state index contributed by atoms with van der Waals surface area (Å²) in [6.07, 6.45) is 3.24. The summed E-state index contributed by atoms with van der Waals surface area (Å²) in [7, 11) is -3.49. The van der Waals surface area contributed by atoms with Crippen molar-refractivity contribution in [1.82, 2.24) is 4.72 Å². The molecule has 0 unspecified atom stereocenters. The van der Waals surface area contributed by atoms with Gasteiger partial charge in [-0.25, -0.2) is 13.1 Å². The molecule has 3 N–H and O–H groups in total. The fourth-order valence-electron chi connectivity index (χ4n) is 2.34. The minimum Gasteiger partial charge on any atom is -0.398 e. The van der Waals surface area contributed by atoms with Gasteiger partial charge < -0.3 is 5.73 Å². The number of aryl methyl sites for hydroxylation is 1. The van der Waals surface area contributed by atoms with Gasteiger partial charge in [0.1, 0.15) is 0 Å². The van der Waals surface area contributed by atoms with Gasteiger partial charge >= 0.3 is 0 Å². The first-order valence-electron chi connectivity index (χ1n) is 7.72. The molecule has 0 atom stereocenters. The van der Waals surface area contributed by atoms with E-state index >= 15 is 0 Å². The van der Waals surface area contributed by atoms with Gasteiger partial charge in [0.2, 0.25) is 10.0 Å². The largest absolute Gasteiger partial charge is 0.398 e. The summed E-state index contributed by atoms with van der Waals surface area (Å²) in [5, 5.41) is 0. The Hall–Kier alpha value is -1.07. The van der Waals surface area contributed by atoms with Crippen LogP contribution in [0.3, 0.4) is 0 Å². The molecule has 1 aromatic rings. The third kappa shape index (κ3) is 5.00. The Balaban J connectivity index is 2.98. The maximum atomic E-state index is 12.5. The van der Waals surface area contributed by atoms with E-state index in [2.05, 4.69) is 18.6 Å². The number of nitrogens with one attached hydrogen (secondary N) is 1. The Labute approximate surface area is 129 Å². The van der Waals surface area contributed by atoms with Crippen molar-refractivity contribution in [2.75, 3.05) is 12.3 Å². The highest BCUT2D eigenvalue weighted by Crippen LogP contribution is 2.25. The summed E-state index contributed by atoms with van der Waals surface area (Å²) in [5.41, 5.74) is 8.24. The van der Waals surface area contributed by atoms with Crippen molar-refractivity contribution in [3.05, 3.63) is 23.3 Å². The van der Waals surface area contributed by atoms with Gasteiger partial charge in [-0.05, 0) is 54.9 Å². The first kappa shape index (κ1) is 18.0. The van der Waals surface area contributed by atoms with Gasteiger partial charge in [0, 0.05) is 12.2 Å². The molecule has 0 aliphatic heterocycles. The molecule has 1 aromatic carbocycles. The fraction of sp³-hybridized carbons (Fsp3) is 0.625. The van der Waals surface area contributed by atoms with E-state index in [9.17, 15) is 8.42 Å². The van der Waals surface area contributed by atoms with Crippen LogP contribution in [0.25, 0.3) is 0 Å². The van der Waals surface area contributed by atoms with Crippen LogP contribution in [0.1, 0.15) is 51.7 Å². The predicted octanol–water partition coefficient (Wildman–Crippen LogP) is 3.11. The quantitative estimate of drug-likeness (QED) is 0.572. The maximum Gasteiger partial charge on any atom is 0.240 e. The summed E-state index contributed by atoms with van der Waals surface area (Å²) in [4.78, 5) is 0.339. The van der Waals surface area contributed by atoms with Crippen LogP contribution >= 0.6 is 0 Å². The van der Waals surface area contributed by atoms with Crippen LogP contribution < -0.4 is 10.5 Å². The van der Waals surface area contributed by atoms with Gasteiger partial charge in [0.15, 0.2) is 0 Å². The molecule has 4 nitrogen and oxygen atoms in total. The maximum absolute atomic E-state index is 12.5. The SMILES string of the molecule is CCc1cc(N)c(CC)c(S(=O)(=O)NCCCC(C)C)c1. The first-order chi connectivity index (χ1) is 9.81. The Morgan fingerprint density at radius 2 is 1.86 bits per heavy atom. The lowest BCUT2D eigenvalue weighted by atomic mass is 10.1. The molecule has 0 bridgehead atoms. The van der Waals surface area contributed by atoms with E-state index in [0.717, 1.165) is 24.8 Å². The van der Waals surface area contributed by atoms with E-state index in [0.29, 0.717) is 35.0 Å². The van der Waals surface area contributed by atoms with Gasteiger partial charge in [-0.3, -0.25) is 0 Å². The van der Waals surface area contributed by atoms with Crippen molar-refractivity contribution in [2.24, 2.45) is 5.92 Å². The van der Waals surface area contributed by atoms with E-state index in [1.165, 1.54) is 0 Å². The van der Waals surface area contributed by atoms with E-state index in [1.54, 1.807) is 6.07 Å². The summed E-state index contributed by atoms with van der Waals surface area (Å²) in [6.45, 7) is 8.66. The zero-order valence-corrected chi connectivity index (χ0v) is 14.4. The third-order valence-electron chi connectivity index (χ3n) is 3.60. The number of hydrogen-bond acceptors (Lipinski definition) is 3. The average molecular weight is 312 g/mol. The molecular weight excluding hydrogens is 284 g/mol. The number of nitrogens with two attached hydrogens (primary N) is 1. The van der Waals surface area contributed by atoms with E-state index in [4.69, 9.17) is 5.73 Å². The van der Waals surface area contributed by atoms with Crippen LogP contribution in [0, 0.1) is 5.92 Å². The second kappa shape index (κ2) is 7.80. The Morgan fingerprint density at radius 1 is 1.19 bits per heavy atom. The molecule has 21 heavy (non-hydrogen) atoms. The average Bonchev–Trinajstić information content (AvgIpc) is 2.42. The number of nitrogen functional groups attached to an aromatic ring is 1. The Bertz CT molecular complexity index is 566. The topological polar surface area (TPSA) is 72.2 Å². The molecular formula is C16H28N2O2S. The smallest absolute Gasteiger partial charge is 0.240 e. The fourth-order valence-corrected chi connectivity index (χ4v) is 3.80. The third-order valence-corrected chi connectivity index (χ3v) is 5.13. The van der Waals surface area contributed by atoms with Crippen LogP contribution in [0.5, 0.6) is 0 Å². The summed E-state index contributed by atoms with van der Waals surface area (Å²) in [6, 6.07) is 3.62. The summed E-state index contributed by atoms with van der Waals surface area (Å²) in [5.74, 6) is 0.583. The lowest BCUT2D eigenvalue weighted by molar-refractivity contribution is 0.539. The number of anilines is 1. The normalized spacial score (nSPS) is 12.0. The van der Waals surface area contributed by atoms with Gasteiger partial charge in [-0.2, -0.15) is 0 Å². The van der Waals surface area contributed by atoms with Gasteiger partial charge in [-0.15, -0.1) is 0 Å². The van der Waals surface area contributed by atoms with Crippen molar-refractivity contribution in [2.45, 2.75) is 58.3 Å². The van der Waals surface area contributed by atoms with Crippen molar-refractivity contribution >= 4 is 15.7 Å². The summed E-state index contributed by atoms with van der Waals surface area (Å²) < 4.78 is 27.7. The van der Waals surface area contributed by atoms with Crippen molar-refractivity contribution < 1.29 is 8.42 Å². The molecule has 0 radical (unpaired) electrons. The minimum absolute atomic E-state index is 0.339. The number of sulfonamides is 1. The highest BCUT2D eigenvalue weighted by Gasteiger charge is 2.20. The van der Waals surface area contributed by atoms with Gasteiger partial charge in [0.05, 0.1) is 4.90 Å². The van der Waals surface area contributed by atoms with E-state index in [1.807, 2.05) is 19.9 Å². The van der Waals surface area contributed by atoms with Crippen LogP contribution in [0.15, 0.2) is 17.0 Å². The second-order valence-electron chi connectivity index (χ2n) is 5.80. The van der Waals surface area contributed by atoms with Crippen LogP contribution in [-0.2, 0) is 22.9 Å². The van der Waals surface area contributed by atoms with Crippen LogP contribution in [0.2, 0.25) is 0 Å². The molecule has 0 amide bonds. The lowest BCUT2D eigenvalue weighted by Gasteiger charge is -2.15. The molecule has 0 aliphatic carbocycles. The minimum atomic E-state index is -3.49. The second-order valence-corrected chi connectivity index (χ2v) is 7.54. The van der Waals surface area contributed by atoms with Crippen molar-refractivity contribution in [3.63, 3.8) is 0 Å². The highest BCUT2D eigenvalue weighted by molar-refractivity contribution is 7.89. The van der Waals surface area contributed by atoms with Crippen LogP contribution in [-0.4, -0.2) is 15.0 Å². The molecule has 5 heteroatoms. The monoisotopic (exact) mass is 312 g/mol. The number of rotatable bonds is 8.